The van der Waals surface area contributed by atoms with Crippen molar-refractivity contribution in [2.24, 2.45) is 4.99 Å². The number of hydrogen-bond donors (Lipinski definition) is 2. The van der Waals surface area contributed by atoms with E-state index in [0.29, 0.717) is 37.0 Å². The van der Waals surface area contributed by atoms with Gasteiger partial charge in [0.15, 0.2) is 5.96 Å². The Labute approximate surface area is 202 Å². The normalized spacial score (nSPS) is 14.7. The Hall–Kier alpha value is -1.85. The number of hydrogen-bond acceptors (Lipinski definition) is 4. The molecule has 3 rings (SSSR count). The number of sulfonamides is 1. The molecule has 0 aliphatic carbocycles. The third kappa shape index (κ3) is 7.08. The lowest BCUT2D eigenvalue weighted by molar-refractivity contribution is 0.414. The highest BCUT2D eigenvalue weighted by Gasteiger charge is 2.26. The number of guanidine groups is 1. The molecule has 2 aromatic rings. The van der Waals surface area contributed by atoms with E-state index in [4.69, 9.17) is 4.74 Å². The van der Waals surface area contributed by atoms with Crippen molar-refractivity contribution in [2.75, 3.05) is 26.7 Å². The third-order valence-electron chi connectivity index (χ3n) is 4.98. The molecule has 0 unspecified atom stereocenters. The second-order valence-corrected chi connectivity index (χ2v) is 9.09. The van der Waals surface area contributed by atoms with Gasteiger partial charge in [0.2, 0.25) is 10.0 Å². The van der Waals surface area contributed by atoms with E-state index in [1.165, 1.54) is 0 Å². The molecule has 2 aromatic carbocycles. The van der Waals surface area contributed by atoms with Crippen LogP contribution >= 0.6 is 24.0 Å². The summed E-state index contributed by atoms with van der Waals surface area (Å²) in [5.41, 5.74) is 2.05. The van der Waals surface area contributed by atoms with Crippen molar-refractivity contribution in [3.8, 4) is 5.75 Å². The third-order valence-corrected chi connectivity index (χ3v) is 6.90. The molecule has 170 valence electrons. The second-order valence-electron chi connectivity index (χ2n) is 7.16. The quantitative estimate of drug-likeness (QED) is 0.295. The molecular weight excluding hydrogens is 527 g/mol. The average molecular weight is 558 g/mol. The van der Waals surface area contributed by atoms with Gasteiger partial charge in [-0.3, -0.25) is 0 Å². The van der Waals surface area contributed by atoms with Gasteiger partial charge >= 0.3 is 0 Å². The van der Waals surface area contributed by atoms with E-state index < -0.39 is 10.0 Å². The largest absolute Gasteiger partial charge is 0.497 e. The summed E-state index contributed by atoms with van der Waals surface area (Å²) in [4.78, 5) is 4.97. The molecule has 1 heterocycles. The van der Waals surface area contributed by atoms with Crippen LogP contribution in [-0.2, 0) is 23.1 Å². The maximum absolute atomic E-state index is 12.6. The number of halogens is 1. The molecule has 0 bridgehead atoms. The maximum atomic E-state index is 12.6. The molecular formula is C22H31IN4O3S. The van der Waals surface area contributed by atoms with Gasteiger partial charge in [-0.1, -0.05) is 24.3 Å². The first-order valence-corrected chi connectivity index (χ1v) is 11.7. The number of aliphatic imine (C=N–C) groups is 1. The Kier molecular flexibility index (Phi) is 10.0. The van der Waals surface area contributed by atoms with Crippen molar-refractivity contribution >= 4 is 40.0 Å². The Morgan fingerprint density at radius 3 is 2.42 bits per heavy atom. The highest BCUT2D eigenvalue weighted by Crippen LogP contribution is 2.21. The number of rotatable bonds is 8. The molecule has 1 fully saturated rings. The first-order chi connectivity index (χ1) is 14.5. The van der Waals surface area contributed by atoms with Gasteiger partial charge in [0.1, 0.15) is 5.75 Å². The molecule has 0 aromatic heterocycles. The fraction of sp³-hybridized carbons (Fsp3) is 0.409. The Bertz CT molecular complexity index is 959. The Balaban J connectivity index is 0.00000341. The first-order valence-electron chi connectivity index (χ1n) is 10.3. The minimum Gasteiger partial charge on any atom is -0.497 e. The Morgan fingerprint density at radius 2 is 1.77 bits per heavy atom. The van der Waals surface area contributed by atoms with Crippen LogP contribution in [0.5, 0.6) is 5.75 Å². The fourth-order valence-electron chi connectivity index (χ4n) is 3.33. The monoisotopic (exact) mass is 558 g/mol. The van der Waals surface area contributed by atoms with E-state index in [1.807, 2.05) is 43.3 Å². The van der Waals surface area contributed by atoms with E-state index in [-0.39, 0.29) is 24.0 Å². The molecule has 1 aliphatic heterocycles. The molecule has 7 nitrogen and oxygen atoms in total. The van der Waals surface area contributed by atoms with Crippen molar-refractivity contribution in [3.05, 3.63) is 59.7 Å². The van der Waals surface area contributed by atoms with Crippen LogP contribution in [0.1, 0.15) is 30.9 Å². The van der Waals surface area contributed by atoms with Gasteiger partial charge in [-0.05, 0) is 55.2 Å². The van der Waals surface area contributed by atoms with E-state index in [0.717, 1.165) is 36.3 Å². The lowest BCUT2D eigenvalue weighted by Gasteiger charge is -2.16. The zero-order valence-electron chi connectivity index (χ0n) is 18.0. The molecule has 0 amide bonds. The topological polar surface area (TPSA) is 83.0 Å². The van der Waals surface area contributed by atoms with E-state index >= 15 is 0 Å². The molecule has 1 saturated heterocycles. The fourth-order valence-corrected chi connectivity index (χ4v) is 4.84. The number of benzene rings is 2. The number of ether oxygens (including phenoxy) is 1. The molecule has 0 radical (unpaired) electrons. The summed E-state index contributed by atoms with van der Waals surface area (Å²) in [6, 6.07) is 14.9. The first kappa shape index (κ1) is 25.4. The molecule has 2 N–H and O–H groups in total. The van der Waals surface area contributed by atoms with Crippen molar-refractivity contribution in [3.63, 3.8) is 0 Å². The summed E-state index contributed by atoms with van der Waals surface area (Å²) >= 11 is 0. The predicted octanol–water partition coefficient (Wildman–Crippen LogP) is 3.35. The summed E-state index contributed by atoms with van der Waals surface area (Å²) in [5, 5.41) is 6.53. The molecule has 0 saturated carbocycles. The lowest BCUT2D eigenvalue weighted by Crippen LogP contribution is -2.36. The minimum absolute atomic E-state index is 0. The van der Waals surface area contributed by atoms with Crippen molar-refractivity contribution < 1.29 is 13.2 Å². The number of nitrogens with zero attached hydrogens (tertiary/aromatic N) is 2. The van der Waals surface area contributed by atoms with Crippen molar-refractivity contribution in [1.29, 1.82) is 0 Å². The van der Waals surface area contributed by atoms with Gasteiger partial charge in [-0.25, -0.2) is 13.4 Å². The summed E-state index contributed by atoms with van der Waals surface area (Å²) in [6.07, 6.45) is 1.87. The van der Waals surface area contributed by atoms with Crippen LogP contribution in [0.4, 0.5) is 0 Å². The van der Waals surface area contributed by atoms with E-state index in [1.54, 1.807) is 23.5 Å². The van der Waals surface area contributed by atoms with Crippen LogP contribution in [0.25, 0.3) is 0 Å². The van der Waals surface area contributed by atoms with Crippen LogP contribution in [0.2, 0.25) is 0 Å². The van der Waals surface area contributed by atoms with Crippen molar-refractivity contribution in [2.45, 2.75) is 37.8 Å². The standard InChI is InChI=1S/C22H30N4O3S.HI/c1-3-23-22(25-17-19-7-6-8-20(15-19)29-2)24-16-18-9-11-21(12-10-18)30(27,28)26-13-4-5-14-26;/h6-12,15H,3-5,13-14,16-17H2,1-2H3,(H2,23,24,25);1H. The van der Waals surface area contributed by atoms with Gasteiger partial charge in [-0.15, -0.1) is 24.0 Å². The highest BCUT2D eigenvalue weighted by molar-refractivity contribution is 14.0. The molecule has 0 atom stereocenters. The summed E-state index contributed by atoms with van der Waals surface area (Å²) < 4.78 is 32.1. The summed E-state index contributed by atoms with van der Waals surface area (Å²) in [5.74, 6) is 1.51. The predicted molar refractivity (Wildman–Crippen MR) is 134 cm³/mol. The lowest BCUT2D eigenvalue weighted by atomic mass is 10.2. The Morgan fingerprint density at radius 1 is 1.06 bits per heavy atom. The van der Waals surface area contributed by atoms with Crippen LogP contribution < -0.4 is 15.4 Å². The maximum Gasteiger partial charge on any atom is 0.243 e. The minimum atomic E-state index is -3.37. The molecule has 9 heteroatoms. The van der Waals surface area contributed by atoms with Crippen molar-refractivity contribution in [1.82, 2.24) is 14.9 Å². The van der Waals surface area contributed by atoms with Gasteiger partial charge in [0, 0.05) is 26.2 Å². The van der Waals surface area contributed by atoms with Gasteiger partial charge in [-0.2, -0.15) is 4.31 Å². The number of nitrogens with one attached hydrogen (secondary N) is 2. The molecule has 31 heavy (non-hydrogen) atoms. The zero-order valence-corrected chi connectivity index (χ0v) is 21.2. The smallest absolute Gasteiger partial charge is 0.243 e. The van der Waals surface area contributed by atoms with E-state index in [9.17, 15) is 8.42 Å². The molecule has 1 aliphatic rings. The average Bonchev–Trinajstić information content (AvgIpc) is 3.32. The van der Waals surface area contributed by atoms with Crippen LogP contribution in [0.15, 0.2) is 58.4 Å². The highest BCUT2D eigenvalue weighted by atomic mass is 127. The van der Waals surface area contributed by atoms with Crippen LogP contribution in [-0.4, -0.2) is 45.4 Å². The second kappa shape index (κ2) is 12.3. The van der Waals surface area contributed by atoms with E-state index in [2.05, 4.69) is 15.6 Å². The summed E-state index contributed by atoms with van der Waals surface area (Å²) in [7, 11) is -1.73. The van der Waals surface area contributed by atoms with Gasteiger partial charge < -0.3 is 15.4 Å². The number of methoxy groups -OCH3 is 1. The summed E-state index contributed by atoms with van der Waals surface area (Å²) in [6.45, 7) is 5.06. The van der Waals surface area contributed by atoms with Gasteiger partial charge in [0.05, 0.1) is 18.6 Å². The van der Waals surface area contributed by atoms with Gasteiger partial charge in [0.25, 0.3) is 0 Å². The zero-order chi connectivity index (χ0) is 21.4. The van der Waals surface area contributed by atoms with Crippen LogP contribution in [0, 0.1) is 0 Å². The molecule has 0 spiro atoms. The van der Waals surface area contributed by atoms with Crippen LogP contribution in [0.3, 0.4) is 0 Å². The SMILES string of the molecule is CCNC(=NCc1cccc(OC)c1)NCc1ccc(S(=O)(=O)N2CCCC2)cc1.I.